The fourth-order valence-corrected chi connectivity index (χ4v) is 3.20. The van der Waals surface area contributed by atoms with Gasteiger partial charge in [0.05, 0.1) is 0 Å². The molecule has 0 fully saturated rings. The van der Waals surface area contributed by atoms with E-state index in [4.69, 9.17) is 0 Å². The lowest BCUT2D eigenvalue weighted by atomic mass is 10.0. The quantitative estimate of drug-likeness (QED) is 0.707. The first kappa shape index (κ1) is 19.2. The lowest BCUT2D eigenvalue weighted by Crippen LogP contribution is -2.28. The van der Waals surface area contributed by atoms with Crippen LogP contribution in [-0.4, -0.2) is 16.9 Å². The second kappa shape index (κ2) is 7.87. The van der Waals surface area contributed by atoms with Gasteiger partial charge in [0.1, 0.15) is 0 Å². The number of carbonyl (C=O) groups is 1. The molecule has 0 spiro atoms. The molecule has 1 heterocycles. The van der Waals surface area contributed by atoms with Crippen LogP contribution < -0.4 is 16.2 Å². The van der Waals surface area contributed by atoms with Crippen molar-refractivity contribution in [3.63, 3.8) is 0 Å². The van der Waals surface area contributed by atoms with Crippen molar-refractivity contribution >= 4 is 27.5 Å². The number of amides is 1. The van der Waals surface area contributed by atoms with E-state index in [0.29, 0.717) is 11.1 Å². The van der Waals surface area contributed by atoms with E-state index < -0.39 is 0 Å². The van der Waals surface area contributed by atoms with Crippen LogP contribution in [0.25, 0.3) is 0 Å². The van der Waals surface area contributed by atoms with Crippen LogP contribution in [0.5, 0.6) is 0 Å². The Labute approximate surface area is 156 Å². The second-order valence-corrected chi connectivity index (χ2v) is 7.47. The zero-order valence-electron chi connectivity index (χ0n) is 15.2. The minimum Gasteiger partial charge on any atom is -0.383 e. The van der Waals surface area contributed by atoms with Gasteiger partial charge in [-0.25, -0.2) is 0 Å². The molecule has 5 nitrogen and oxygen atoms in total. The van der Waals surface area contributed by atoms with Gasteiger partial charge in [-0.15, -0.1) is 0 Å². The van der Waals surface area contributed by atoms with Gasteiger partial charge < -0.3 is 15.6 Å². The first-order valence-electron chi connectivity index (χ1n) is 8.23. The molecule has 134 valence electrons. The van der Waals surface area contributed by atoms with E-state index in [1.165, 1.54) is 0 Å². The lowest BCUT2D eigenvalue weighted by molar-refractivity contribution is 0.0950. The van der Waals surface area contributed by atoms with Crippen molar-refractivity contribution in [3.05, 3.63) is 61.0 Å². The summed E-state index contributed by atoms with van der Waals surface area (Å²) in [5.41, 5.74) is 4.47. The molecule has 0 saturated heterocycles. The zero-order chi connectivity index (χ0) is 18.7. The van der Waals surface area contributed by atoms with E-state index in [1.807, 2.05) is 46.8 Å². The minimum absolute atomic E-state index is 0.161. The summed E-state index contributed by atoms with van der Waals surface area (Å²) in [6.45, 7) is 9.91. The van der Waals surface area contributed by atoms with Crippen molar-refractivity contribution in [2.75, 3.05) is 5.32 Å². The van der Waals surface area contributed by atoms with Crippen LogP contribution in [0.4, 0.5) is 5.69 Å². The molecule has 3 N–H and O–H groups in total. The molecule has 0 atom stereocenters. The van der Waals surface area contributed by atoms with Gasteiger partial charge in [-0.3, -0.25) is 9.59 Å². The SMILES string of the molecule is Cc1cc(C)c(CNC(=O)c2cc(Br)cc(NC(C)C)c2C)c(=O)[nH]1. The monoisotopic (exact) mass is 405 g/mol. The summed E-state index contributed by atoms with van der Waals surface area (Å²) in [5, 5.41) is 6.20. The molecule has 1 aromatic carbocycles. The number of carbonyl (C=O) groups excluding carboxylic acids is 1. The molecule has 1 amide bonds. The summed E-state index contributed by atoms with van der Waals surface area (Å²) < 4.78 is 0.829. The molecule has 0 saturated carbocycles. The van der Waals surface area contributed by atoms with E-state index in [1.54, 1.807) is 6.07 Å². The minimum atomic E-state index is -0.204. The Balaban J connectivity index is 2.25. The largest absolute Gasteiger partial charge is 0.383 e. The Morgan fingerprint density at radius 2 is 1.88 bits per heavy atom. The molecule has 0 aliphatic heterocycles. The number of H-pyrrole nitrogens is 1. The number of aryl methyl sites for hydroxylation is 2. The molecule has 0 radical (unpaired) electrons. The fourth-order valence-electron chi connectivity index (χ4n) is 2.74. The predicted molar refractivity (Wildman–Crippen MR) is 105 cm³/mol. The number of halogens is 1. The third-order valence-corrected chi connectivity index (χ3v) is 4.44. The van der Waals surface area contributed by atoms with Crippen LogP contribution in [0.15, 0.2) is 27.5 Å². The molecule has 6 heteroatoms. The van der Waals surface area contributed by atoms with Gasteiger partial charge in [-0.2, -0.15) is 0 Å². The number of hydrogen-bond donors (Lipinski definition) is 3. The van der Waals surface area contributed by atoms with Gasteiger partial charge in [0, 0.05) is 39.6 Å². The first-order valence-corrected chi connectivity index (χ1v) is 9.02. The fraction of sp³-hybridized carbons (Fsp3) is 0.368. The third-order valence-electron chi connectivity index (χ3n) is 3.98. The Morgan fingerprint density at radius 3 is 2.48 bits per heavy atom. The Bertz CT molecular complexity index is 856. The molecular formula is C19H24BrN3O2. The Kier molecular flexibility index (Phi) is 6.06. The van der Waals surface area contributed by atoms with Crippen molar-refractivity contribution in [2.45, 2.75) is 47.2 Å². The Hall–Kier alpha value is -2.08. The molecular weight excluding hydrogens is 382 g/mol. The third kappa shape index (κ3) is 4.72. The molecule has 2 rings (SSSR count). The maximum absolute atomic E-state index is 12.6. The van der Waals surface area contributed by atoms with Crippen molar-refractivity contribution in [3.8, 4) is 0 Å². The standard InChI is InChI=1S/C19H24BrN3O2/c1-10(2)22-17-8-14(20)7-15(13(17)5)18(24)21-9-16-11(3)6-12(4)23-19(16)25/h6-8,10,22H,9H2,1-5H3,(H,21,24)(H,23,25). The summed E-state index contributed by atoms with van der Waals surface area (Å²) in [6.07, 6.45) is 0. The first-order chi connectivity index (χ1) is 11.7. The van der Waals surface area contributed by atoms with Gasteiger partial charge in [0.25, 0.3) is 11.5 Å². The highest BCUT2D eigenvalue weighted by Gasteiger charge is 2.15. The number of pyridine rings is 1. The molecule has 0 bridgehead atoms. The van der Waals surface area contributed by atoms with Crippen LogP contribution in [0.2, 0.25) is 0 Å². The molecule has 0 aliphatic rings. The molecule has 1 aromatic heterocycles. The van der Waals surface area contributed by atoms with E-state index >= 15 is 0 Å². The van der Waals surface area contributed by atoms with Crippen LogP contribution in [0, 0.1) is 20.8 Å². The lowest BCUT2D eigenvalue weighted by Gasteiger charge is -2.17. The van der Waals surface area contributed by atoms with E-state index in [-0.39, 0.29) is 24.1 Å². The summed E-state index contributed by atoms with van der Waals surface area (Å²) >= 11 is 3.46. The molecule has 0 aliphatic carbocycles. The van der Waals surface area contributed by atoms with Crippen molar-refractivity contribution < 1.29 is 4.79 Å². The highest BCUT2D eigenvalue weighted by atomic mass is 79.9. The van der Waals surface area contributed by atoms with Crippen LogP contribution >= 0.6 is 15.9 Å². The topological polar surface area (TPSA) is 74.0 Å². The maximum atomic E-state index is 12.6. The zero-order valence-corrected chi connectivity index (χ0v) is 16.8. The molecule has 0 unspecified atom stereocenters. The molecule has 2 aromatic rings. The van der Waals surface area contributed by atoms with Crippen LogP contribution in [0.3, 0.4) is 0 Å². The summed E-state index contributed by atoms with van der Waals surface area (Å²) in [6, 6.07) is 5.92. The van der Waals surface area contributed by atoms with Crippen LogP contribution in [0.1, 0.15) is 46.6 Å². The number of benzene rings is 1. The Morgan fingerprint density at radius 1 is 1.20 bits per heavy atom. The van der Waals surface area contributed by atoms with E-state index in [9.17, 15) is 9.59 Å². The summed E-state index contributed by atoms with van der Waals surface area (Å²) in [7, 11) is 0. The number of anilines is 1. The van der Waals surface area contributed by atoms with Crippen molar-refractivity contribution in [2.24, 2.45) is 0 Å². The average molecular weight is 406 g/mol. The van der Waals surface area contributed by atoms with Crippen molar-refractivity contribution in [1.82, 2.24) is 10.3 Å². The number of rotatable bonds is 5. The van der Waals surface area contributed by atoms with E-state index in [0.717, 1.165) is 27.0 Å². The van der Waals surface area contributed by atoms with Gasteiger partial charge in [-0.05, 0) is 63.9 Å². The van der Waals surface area contributed by atoms with Gasteiger partial charge in [-0.1, -0.05) is 15.9 Å². The average Bonchev–Trinajstić information content (AvgIpc) is 2.48. The van der Waals surface area contributed by atoms with E-state index in [2.05, 4.69) is 31.5 Å². The van der Waals surface area contributed by atoms with Crippen molar-refractivity contribution in [1.29, 1.82) is 0 Å². The number of nitrogens with one attached hydrogen (secondary N) is 3. The highest BCUT2D eigenvalue weighted by Crippen LogP contribution is 2.26. The van der Waals surface area contributed by atoms with Crippen LogP contribution in [-0.2, 0) is 6.54 Å². The van der Waals surface area contributed by atoms with Gasteiger partial charge in [0.2, 0.25) is 0 Å². The smallest absolute Gasteiger partial charge is 0.253 e. The molecule has 25 heavy (non-hydrogen) atoms. The predicted octanol–water partition coefficient (Wildman–Crippen LogP) is 3.81. The maximum Gasteiger partial charge on any atom is 0.253 e. The number of hydrogen-bond acceptors (Lipinski definition) is 3. The normalized spacial score (nSPS) is 10.8. The van der Waals surface area contributed by atoms with Gasteiger partial charge >= 0.3 is 0 Å². The second-order valence-electron chi connectivity index (χ2n) is 6.55. The number of aromatic nitrogens is 1. The number of aromatic amines is 1. The van der Waals surface area contributed by atoms with Gasteiger partial charge in [0.15, 0.2) is 0 Å². The summed E-state index contributed by atoms with van der Waals surface area (Å²) in [5.74, 6) is -0.204. The highest BCUT2D eigenvalue weighted by molar-refractivity contribution is 9.10. The summed E-state index contributed by atoms with van der Waals surface area (Å²) in [4.78, 5) is 27.5.